The van der Waals surface area contributed by atoms with Crippen molar-refractivity contribution in [1.29, 1.82) is 0 Å². The van der Waals surface area contributed by atoms with Gasteiger partial charge in [0.15, 0.2) is 0 Å². The molecule has 2 nitrogen and oxygen atoms in total. The molecule has 0 unspecified atom stereocenters. The fourth-order valence-corrected chi connectivity index (χ4v) is 5.38. The Kier molecular flexibility index (Phi) is 4.08. The van der Waals surface area contributed by atoms with Crippen molar-refractivity contribution in [2.45, 2.75) is 46.0 Å². The number of allylic oxidation sites excluding steroid dienone is 5. The van der Waals surface area contributed by atoms with E-state index in [1.807, 2.05) is 6.07 Å². The molecule has 24 heavy (non-hydrogen) atoms. The van der Waals surface area contributed by atoms with Gasteiger partial charge in [0.2, 0.25) is 0 Å². The molecule has 4 heteroatoms. The third-order valence-corrected chi connectivity index (χ3v) is 6.92. The summed E-state index contributed by atoms with van der Waals surface area (Å²) in [5, 5.41) is 3.02. The highest BCUT2D eigenvalue weighted by atomic mass is 79.9. The molecule has 3 aliphatic rings. The highest BCUT2D eigenvalue weighted by Gasteiger charge is 2.30. The van der Waals surface area contributed by atoms with E-state index in [9.17, 15) is 4.79 Å². The molecule has 0 atom stereocenters. The minimum atomic E-state index is -0.00271. The summed E-state index contributed by atoms with van der Waals surface area (Å²) in [6, 6.07) is 2.00. The first-order valence-corrected chi connectivity index (χ1v) is 9.99. The molecule has 0 saturated carbocycles. The molecule has 0 bridgehead atoms. The van der Waals surface area contributed by atoms with Crippen LogP contribution in [-0.4, -0.2) is 5.91 Å². The van der Waals surface area contributed by atoms with Gasteiger partial charge in [0.05, 0.1) is 5.69 Å². The molecule has 0 fully saturated rings. The lowest BCUT2D eigenvalue weighted by Gasteiger charge is -2.14. The maximum absolute atomic E-state index is 12.6. The Morgan fingerprint density at radius 1 is 1.12 bits per heavy atom. The third kappa shape index (κ3) is 2.46. The van der Waals surface area contributed by atoms with Gasteiger partial charge in [0, 0.05) is 20.1 Å². The van der Waals surface area contributed by atoms with Gasteiger partial charge in [-0.05, 0) is 96.3 Å². The van der Waals surface area contributed by atoms with E-state index in [4.69, 9.17) is 0 Å². The molecule has 1 aromatic carbocycles. The minimum absolute atomic E-state index is 0.00271. The van der Waals surface area contributed by atoms with E-state index < -0.39 is 0 Å². The lowest BCUT2D eigenvalue weighted by atomic mass is 9.91. The number of benzene rings is 1. The number of rotatable bonds is 1. The number of hydrogen-bond acceptors (Lipinski definition) is 1. The average molecular weight is 449 g/mol. The zero-order chi connectivity index (χ0) is 17.0. The molecule has 1 aromatic rings. The zero-order valence-electron chi connectivity index (χ0n) is 13.9. The Morgan fingerprint density at radius 2 is 1.88 bits per heavy atom. The molecule has 1 N–H and O–H groups in total. The maximum Gasteiger partial charge on any atom is 0.256 e. The van der Waals surface area contributed by atoms with Crippen LogP contribution in [0.2, 0.25) is 0 Å². The number of carbonyl (C=O) groups is 1. The number of amides is 1. The minimum Gasteiger partial charge on any atom is -0.320 e. The fourth-order valence-electron chi connectivity index (χ4n) is 4.11. The zero-order valence-corrected chi connectivity index (χ0v) is 17.0. The second kappa shape index (κ2) is 5.99. The summed E-state index contributed by atoms with van der Waals surface area (Å²) in [4.78, 5) is 12.6. The average Bonchev–Trinajstić information content (AvgIpc) is 3.05. The Balaban J connectivity index is 1.81. The van der Waals surface area contributed by atoms with Crippen LogP contribution in [-0.2, 0) is 4.79 Å². The van der Waals surface area contributed by atoms with Gasteiger partial charge in [-0.15, -0.1) is 0 Å². The van der Waals surface area contributed by atoms with E-state index in [1.165, 1.54) is 36.8 Å². The van der Waals surface area contributed by atoms with Crippen molar-refractivity contribution in [3.05, 3.63) is 54.5 Å². The monoisotopic (exact) mass is 447 g/mol. The summed E-state index contributed by atoms with van der Waals surface area (Å²) in [6.45, 7) is 4.28. The first-order chi connectivity index (χ1) is 11.5. The predicted molar refractivity (Wildman–Crippen MR) is 106 cm³/mol. The lowest BCUT2D eigenvalue weighted by molar-refractivity contribution is -0.110. The Labute approximate surface area is 159 Å². The SMILES string of the molecule is CC1=C(C=C2C(=O)Nc3c(Br)cc(Br)c(C)c32)CC2=C1CCCC2. The van der Waals surface area contributed by atoms with Gasteiger partial charge >= 0.3 is 0 Å². The van der Waals surface area contributed by atoms with E-state index in [0.717, 1.165) is 37.8 Å². The highest BCUT2D eigenvalue weighted by Crippen LogP contribution is 2.46. The number of fused-ring (bicyclic) bond motifs is 1. The first-order valence-electron chi connectivity index (χ1n) is 8.40. The third-order valence-electron chi connectivity index (χ3n) is 5.47. The summed E-state index contributed by atoms with van der Waals surface area (Å²) in [6.07, 6.45) is 8.16. The normalized spacial score (nSPS) is 21.5. The van der Waals surface area contributed by atoms with E-state index in [-0.39, 0.29) is 5.91 Å². The van der Waals surface area contributed by atoms with Gasteiger partial charge in [0.25, 0.3) is 5.91 Å². The smallest absolute Gasteiger partial charge is 0.256 e. The van der Waals surface area contributed by atoms with E-state index in [2.05, 4.69) is 57.1 Å². The van der Waals surface area contributed by atoms with Gasteiger partial charge in [-0.1, -0.05) is 21.5 Å². The number of hydrogen-bond donors (Lipinski definition) is 1. The summed E-state index contributed by atoms with van der Waals surface area (Å²) >= 11 is 7.17. The summed E-state index contributed by atoms with van der Waals surface area (Å²) in [5.41, 5.74) is 9.66. The Morgan fingerprint density at radius 3 is 2.62 bits per heavy atom. The lowest BCUT2D eigenvalue weighted by Crippen LogP contribution is -2.04. The van der Waals surface area contributed by atoms with Crippen molar-refractivity contribution in [3.8, 4) is 0 Å². The van der Waals surface area contributed by atoms with Crippen LogP contribution >= 0.6 is 31.9 Å². The summed E-state index contributed by atoms with van der Waals surface area (Å²) < 4.78 is 1.94. The topological polar surface area (TPSA) is 29.1 Å². The highest BCUT2D eigenvalue weighted by molar-refractivity contribution is 9.11. The Bertz CT molecular complexity index is 874. The van der Waals surface area contributed by atoms with Crippen LogP contribution in [0.5, 0.6) is 0 Å². The molecule has 1 amide bonds. The standard InChI is InChI=1S/C20H19Br2NO/c1-10-13(7-12-5-3-4-6-14(10)12)8-15-18-11(2)16(21)9-17(22)19(18)23-20(15)24/h8-9H,3-7H2,1-2H3,(H,23,24). The number of nitrogens with one attached hydrogen (secondary N) is 1. The van der Waals surface area contributed by atoms with Crippen molar-refractivity contribution < 1.29 is 4.79 Å². The molecule has 0 saturated heterocycles. The van der Waals surface area contributed by atoms with Gasteiger partial charge in [-0.25, -0.2) is 0 Å². The van der Waals surface area contributed by atoms with Crippen molar-refractivity contribution in [1.82, 2.24) is 0 Å². The molecular formula is C20H19Br2NO. The second-order valence-corrected chi connectivity index (χ2v) is 8.55. The molecule has 0 spiro atoms. The number of anilines is 1. The van der Waals surface area contributed by atoms with Gasteiger partial charge < -0.3 is 5.32 Å². The van der Waals surface area contributed by atoms with Gasteiger partial charge in [-0.3, -0.25) is 4.79 Å². The molecule has 2 aliphatic carbocycles. The van der Waals surface area contributed by atoms with E-state index >= 15 is 0 Å². The van der Waals surface area contributed by atoms with E-state index in [0.29, 0.717) is 0 Å². The maximum atomic E-state index is 12.6. The quantitative estimate of drug-likeness (QED) is 0.491. The molecular weight excluding hydrogens is 430 g/mol. The van der Waals surface area contributed by atoms with Crippen molar-refractivity contribution in [3.63, 3.8) is 0 Å². The predicted octanol–water partition coefficient (Wildman–Crippen LogP) is 6.45. The molecule has 1 heterocycles. The molecule has 4 rings (SSSR count). The molecule has 124 valence electrons. The van der Waals surface area contributed by atoms with Crippen LogP contribution in [0.4, 0.5) is 5.69 Å². The second-order valence-electron chi connectivity index (χ2n) is 6.84. The largest absolute Gasteiger partial charge is 0.320 e. The van der Waals surface area contributed by atoms with Crippen molar-refractivity contribution in [2.75, 3.05) is 5.32 Å². The van der Waals surface area contributed by atoms with Crippen LogP contribution in [0.25, 0.3) is 5.57 Å². The Hall–Kier alpha value is -1.13. The van der Waals surface area contributed by atoms with Crippen LogP contribution in [0.3, 0.4) is 0 Å². The van der Waals surface area contributed by atoms with Crippen LogP contribution in [0, 0.1) is 6.92 Å². The molecule has 1 aliphatic heterocycles. The molecule has 0 aromatic heterocycles. The van der Waals surface area contributed by atoms with Crippen molar-refractivity contribution >= 4 is 49.0 Å². The van der Waals surface area contributed by atoms with Crippen LogP contribution in [0.1, 0.15) is 50.2 Å². The van der Waals surface area contributed by atoms with Crippen LogP contribution in [0.15, 0.2) is 43.4 Å². The van der Waals surface area contributed by atoms with Crippen molar-refractivity contribution in [2.24, 2.45) is 0 Å². The molecule has 0 radical (unpaired) electrons. The van der Waals surface area contributed by atoms with Gasteiger partial charge in [0.1, 0.15) is 0 Å². The summed E-state index contributed by atoms with van der Waals surface area (Å²) in [7, 11) is 0. The van der Waals surface area contributed by atoms with E-state index in [1.54, 1.807) is 11.1 Å². The fraction of sp³-hybridized carbons (Fsp3) is 0.350. The van der Waals surface area contributed by atoms with Gasteiger partial charge in [-0.2, -0.15) is 0 Å². The number of halogens is 2. The first kappa shape index (κ1) is 16.3. The van der Waals surface area contributed by atoms with Crippen LogP contribution < -0.4 is 5.32 Å². The number of carbonyl (C=O) groups excluding carboxylic acids is 1. The summed E-state index contributed by atoms with van der Waals surface area (Å²) in [5.74, 6) is -0.00271.